The van der Waals surface area contributed by atoms with Crippen LogP contribution in [0.5, 0.6) is 0 Å². The molecule has 0 saturated heterocycles. The van der Waals surface area contributed by atoms with Crippen molar-refractivity contribution in [3.05, 3.63) is 68.5 Å². The second-order valence-corrected chi connectivity index (χ2v) is 5.46. The van der Waals surface area contributed by atoms with E-state index in [9.17, 15) is 24.4 Å². The monoisotopic (exact) mass is 368 g/mol. The maximum atomic E-state index is 13.4. The van der Waals surface area contributed by atoms with Crippen LogP contribution in [0.4, 0.5) is 15.8 Å². The van der Waals surface area contributed by atoms with Gasteiger partial charge in [0.2, 0.25) is 0 Å². The molecule has 2 aromatic carbocycles. The number of aliphatic hydroxyl groups excluding tert-OH is 1. The lowest BCUT2D eigenvalue weighted by Gasteiger charge is -2.14. The maximum absolute atomic E-state index is 13.4. The molecular weight excluding hydrogens is 355 g/mol. The number of nitro groups is 1. The highest BCUT2D eigenvalue weighted by molar-refractivity contribution is 6.30. The van der Waals surface area contributed by atoms with Gasteiger partial charge in [0.1, 0.15) is 11.4 Å². The van der Waals surface area contributed by atoms with Crippen LogP contribution in [0.3, 0.4) is 0 Å². The number of hydrogen-bond donors (Lipinski definition) is 2. The summed E-state index contributed by atoms with van der Waals surface area (Å²) in [5.41, 5.74) is 0.0613. The Labute approximate surface area is 147 Å². The summed E-state index contributed by atoms with van der Waals surface area (Å²) in [5.74, 6) is -1.50. The van der Waals surface area contributed by atoms with Crippen LogP contribution in [0.25, 0.3) is 0 Å². The number of nitrogens with one attached hydrogen (secondary N) is 1. The summed E-state index contributed by atoms with van der Waals surface area (Å²) in [6.07, 6.45) is -1.05. The molecule has 0 fully saturated rings. The number of rotatable bonds is 6. The Morgan fingerprint density at radius 3 is 2.72 bits per heavy atom. The number of carbonyl (C=O) groups is 1. The molecule has 0 aliphatic carbocycles. The van der Waals surface area contributed by atoms with E-state index >= 15 is 0 Å². The molecule has 0 aromatic heterocycles. The number of halogens is 2. The number of hydrogen-bond acceptors (Lipinski definition) is 6. The van der Waals surface area contributed by atoms with E-state index in [2.05, 4.69) is 10.1 Å². The standard InChI is InChI=1S/C16H14ClFN2O5/c1-25-16(22)11-7-10(3-5-14(11)20(23)24)19-8-15(21)9-2-4-12(17)13(18)6-9/h2-7,15,19,21H,8H2,1H3. The van der Waals surface area contributed by atoms with Crippen molar-refractivity contribution in [3.8, 4) is 0 Å². The molecule has 0 amide bonds. The molecule has 9 heteroatoms. The summed E-state index contributed by atoms with van der Waals surface area (Å²) in [4.78, 5) is 21.9. The van der Waals surface area contributed by atoms with Crippen LogP contribution in [-0.2, 0) is 4.74 Å². The number of carbonyl (C=O) groups excluding carboxylic acids is 1. The largest absolute Gasteiger partial charge is 0.465 e. The Bertz CT molecular complexity index is 815. The highest BCUT2D eigenvalue weighted by atomic mass is 35.5. The van der Waals surface area contributed by atoms with Crippen LogP contribution in [-0.4, -0.2) is 29.7 Å². The molecule has 25 heavy (non-hydrogen) atoms. The molecule has 0 spiro atoms. The van der Waals surface area contributed by atoms with Crippen molar-refractivity contribution in [2.24, 2.45) is 0 Å². The van der Waals surface area contributed by atoms with Crippen LogP contribution in [0, 0.1) is 15.9 Å². The summed E-state index contributed by atoms with van der Waals surface area (Å²) < 4.78 is 18.0. The maximum Gasteiger partial charge on any atom is 0.344 e. The van der Waals surface area contributed by atoms with Gasteiger partial charge in [0, 0.05) is 18.3 Å². The van der Waals surface area contributed by atoms with Crippen LogP contribution in [0.15, 0.2) is 36.4 Å². The van der Waals surface area contributed by atoms with E-state index in [0.717, 1.165) is 19.2 Å². The average Bonchev–Trinajstić information content (AvgIpc) is 2.60. The minimum atomic E-state index is -1.05. The van der Waals surface area contributed by atoms with Gasteiger partial charge in [0.25, 0.3) is 5.69 Å². The molecule has 1 atom stereocenters. The zero-order valence-corrected chi connectivity index (χ0v) is 13.8. The third-order valence-electron chi connectivity index (χ3n) is 3.43. The molecule has 132 valence electrons. The Morgan fingerprint density at radius 2 is 2.12 bits per heavy atom. The highest BCUT2D eigenvalue weighted by Gasteiger charge is 2.21. The van der Waals surface area contributed by atoms with E-state index in [1.54, 1.807) is 0 Å². The molecule has 7 nitrogen and oxygen atoms in total. The van der Waals surface area contributed by atoms with E-state index in [-0.39, 0.29) is 17.1 Å². The van der Waals surface area contributed by atoms with Crippen LogP contribution in [0.1, 0.15) is 22.0 Å². The SMILES string of the molecule is COC(=O)c1cc(NCC(O)c2ccc(Cl)c(F)c2)ccc1[N+](=O)[O-]. The number of ether oxygens (including phenoxy) is 1. The number of anilines is 1. The summed E-state index contributed by atoms with van der Waals surface area (Å²) in [6.45, 7) is -0.0144. The summed E-state index contributed by atoms with van der Waals surface area (Å²) in [7, 11) is 1.12. The van der Waals surface area contributed by atoms with Crippen molar-refractivity contribution < 1.29 is 24.0 Å². The van der Waals surface area contributed by atoms with Gasteiger partial charge in [0.05, 0.1) is 23.2 Å². The normalized spacial score (nSPS) is 11.7. The van der Waals surface area contributed by atoms with Gasteiger partial charge in [-0.15, -0.1) is 0 Å². The van der Waals surface area contributed by atoms with Crippen molar-refractivity contribution in [1.82, 2.24) is 0 Å². The first-order valence-electron chi connectivity index (χ1n) is 7.07. The highest BCUT2D eigenvalue weighted by Crippen LogP contribution is 2.25. The average molecular weight is 369 g/mol. The minimum Gasteiger partial charge on any atom is -0.465 e. The van der Waals surface area contributed by atoms with Gasteiger partial charge in [-0.2, -0.15) is 0 Å². The Kier molecular flexibility index (Phi) is 5.89. The molecule has 0 radical (unpaired) electrons. The van der Waals surface area contributed by atoms with Gasteiger partial charge < -0.3 is 15.2 Å². The van der Waals surface area contributed by atoms with Gasteiger partial charge >= 0.3 is 5.97 Å². The smallest absolute Gasteiger partial charge is 0.344 e. The van der Waals surface area contributed by atoms with Gasteiger partial charge in [0.15, 0.2) is 0 Å². The van der Waals surface area contributed by atoms with E-state index in [0.29, 0.717) is 11.3 Å². The van der Waals surface area contributed by atoms with Gasteiger partial charge in [-0.3, -0.25) is 10.1 Å². The molecule has 0 aliphatic heterocycles. The quantitative estimate of drug-likeness (QED) is 0.460. The topological polar surface area (TPSA) is 102 Å². The zero-order valence-electron chi connectivity index (χ0n) is 13.0. The van der Waals surface area contributed by atoms with Gasteiger partial charge in [-0.25, -0.2) is 9.18 Å². The van der Waals surface area contributed by atoms with Crippen LogP contribution >= 0.6 is 11.6 Å². The zero-order chi connectivity index (χ0) is 18.6. The number of benzene rings is 2. The Morgan fingerprint density at radius 1 is 1.40 bits per heavy atom. The molecule has 0 heterocycles. The number of esters is 1. The first kappa shape index (κ1) is 18.6. The molecule has 2 aromatic rings. The van der Waals surface area contributed by atoms with Crippen molar-refractivity contribution in [1.29, 1.82) is 0 Å². The fourth-order valence-electron chi connectivity index (χ4n) is 2.13. The Hall–Kier alpha value is -2.71. The van der Waals surface area contributed by atoms with Crippen LogP contribution in [0.2, 0.25) is 5.02 Å². The number of methoxy groups -OCH3 is 1. The predicted molar refractivity (Wildman–Crippen MR) is 89.3 cm³/mol. The third kappa shape index (κ3) is 4.43. The number of nitro benzene ring substituents is 1. The molecule has 1 unspecified atom stereocenters. The first-order chi connectivity index (χ1) is 11.8. The van der Waals surface area contributed by atoms with Crippen molar-refractivity contribution in [2.75, 3.05) is 19.0 Å². The molecule has 0 saturated carbocycles. The fraction of sp³-hybridized carbons (Fsp3) is 0.188. The fourth-order valence-corrected chi connectivity index (χ4v) is 2.25. The number of aliphatic hydroxyl groups is 1. The van der Waals surface area contributed by atoms with E-state index in [1.165, 1.54) is 24.3 Å². The van der Waals surface area contributed by atoms with Crippen LogP contribution < -0.4 is 5.32 Å². The summed E-state index contributed by atoms with van der Waals surface area (Å²) in [5, 5.41) is 23.8. The lowest BCUT2D eigenvalue weighted by Crippen LogP contribution is -2.13. The third-order valence-corrected chi connectivity index (χ3v) is 3.73. The lowest BCUT2D eigenvalue weighted by molar-refractivity contribution is -0.385. The second kappa shape index (κ2) is 7.91. The van der Waals surface area contributed by atoms with E-state index in [4.69, 9.17) is 11.6 Å². The molecule has 0 aliphatic rings. The minimum absolute atomic E-state index is 0.0144. The molecule has 0 bridgehead atoms. The van der Waals surface area contributed by atoms with E-state index < -0.39 is 28.5 Å². The van der Waals surface area contributed by atoms with Gasteiger partial charge in [-0.1, -0.05) is 17.7 Å². The Balaban J connectivity index is 2.15. The summed E-state index contributed by atoms with van der Waals surface area (Å²) >= 11 is 5.59. The van der Waals surface area contributed by atoms with Gasteiger partial charge in [-0.05, 0) is 29.8 Å². The van der Waals surface area contributed by atoms with Crippen molar-refractivity contribution in [3.63, 3.8) is 0 Å². The number of nitrogens with zero attached hydrogens (tertiary/aromatic N) is 1. The molecular formula is C16H14ClFN2O5. The van der Waals surface area contributed by atoms with Crippen molar-refractivity contribution >= 4 is 28.9 Å². The molecule has 2 N–H and O–H groups in total. The predicted octanol–water partition coefficient (Wildman–Crippen LogP) is 3.32. The second-order valence-electron chi connectivity index (χ2n) is 5.05. The van der Waals surface area contributed by atoms with E-state index in [1.807, 2.05) is 0 Å². The lowest BCUT2D eigenvalue weighted by atomic mass is 10.1. The first-order valence-corrected chi connectivity index (χ1v) is 7.45. The van der Waals surface area contributed by atoms with Crippen molar-refractivity contribution in [2.45, 2.75) is 6.10 Å². The summed E-state index contributed by atoms with van der Waals surface area (Å²) in [6, 6.07) is 7.72. The molecule has 2 rings (SSSR count).